The van der Waals surface area contributed by atoms with Gasteiger partial charge in [-0.2, -0.15) is 0 Å². The van der Waals surface area contributed by atoms with Gasteiger partial charge >= 0.3 is 5.97 Å². The molecule has 0 aromatic heterocycles. The van der Waals surface area contributed by atoms with Gasteiger partial charge in [0.15, 0.2) is 0 Å². The molecule has 0 aliphatic carbocycles. The largest absolute Gasteiger partial charge is 0.486 e. The first kappa shape index (κ1) is 17.9. The molecule has 136 valence electrons. The molecular weight excluding hydrogens is 341 g/mol. The van der Waals surface area contributed by atoms with Crippen LogP contribution in [0.15, 0.2) is 48.5 Å². The first-order valence-electron chi connectivity index (χ1n) is 8.18. The normalized spacial score (nSPS) is 19.6. The number of nitrogens with one attached hydrogen (secondary N) is 1. The van der Waals surface area contributed by atoms with Crippen LogP contribution in [-0.2, 0) is 4.74 Å². The highest BCUT2D eigenvalue weighted by atomic mass is 19.1. The van der Waals surface area contributed by atoms with Gasteiger partial charge < -0.3 is 19.9 Å². The number of carbonyl (C=O) groups is 2. The van der Waals surface area contributed by atoms with Crippen LogP contribution in [0.1, 0.15) is 27.1 Å². The summed E-state index contributed by atoms with van der Waals surface area (Å²) in [7, 11) is 0. The van der Waals surface area contributed by atoms with Gasteiger partial charge in [-0.25, -0.2) is 9.18 Å². The van der Waals surface area contributed by atoms with Crippen molar-refractivity contribution in [3.63, 3.8) is 0 Å². The minimum absolute atomic E-state index is 0.0245. The summed E-state index contributed by atoms with van der Waals surface area (Å²) in [5.41, 5.74) is 0.130. The van der Waals surface area contributed by atoms with Gasteiger partial charge in [0.1, 0.15) is 17.7 Å². The summed E-state index contributed by atoms with van der Waals surface area (Å²) in [6.07, 6.45) is 0.0630. The summed E-state index contributed by atoms with van der Waals surface area (Å²) in [4.78, 5) is 23.2. The molecule has 2 N–H and O–H groups in total. The minimum atomic E-state index is -1.02. The summed E-state index contributed by atoms with van der Waals surface area (Å²) in [6.45, 7) is 0.725. The van der Waals surface area contributed by atoms with Gasteiger partial charge in [-0.15, -0.1) is 0 Å². The standard InChI is InChI=1S/C19H18FNO5/c20-15-4-2-1-3-14(15)18(22)21-16-9-10-25-11-17(16)26-13-7-5-12(6-8-13)19(23)24/h1-8,16-17H,9-11H2,(H,21,22)(H,23,24)/t16-,17-/m1/s1. The molecule has 2 aromatic rings. The molecule has 26 heavy (non-hydrogen) atoms. The second-order valence-corrected chi connectivity index (χ2v) is 5.91. The maximum atomic E-state index is 13.8. The number of carboxylic acid groups (broad SMARTS) is 1. The van der Waals surface area contributed by atoms with Crippen LogP contribution >= 0.6 is 0 Å². The molecule has 0 unspecified atom stereocenters. The van der Waals surface area contributed by atoms with E-state index in [2.05, 4.69) is 5.32 Å². The monoisotopic (exact) mass is 359 g/mol. The molecule has 0 spiro atoms. The summed E-state index contributed by atoms with van der Waals surface area (Å²) in [6, 6.07) is 11.4. The molecule has 0 bridgehead atoms. The lowest BCUT2D eigenvalue weighted by molar-refractivity contribution is -0.0135. The number of carboxylic acids is 1. The quantitative estimate of drug-likeness (QED) is 0.857. The lowest BCUT2D eigenvalue weighted by Crippen LogP contribution is -2.51. The zero-order valence-electron chi connectivity index (χ0n) is 13.9. The molecule has 1 heterocycles. The van der Waals surface area contributed by atoms with Gasteiger partial charge in [-0.05, 0) is 42.8 Å². The van der Waals surface area contributed by atoms with Gasteiger partial charge in [-0.3, -0.25) is 4.79 Å². The highest BCUT2D eigenvalue weighted by Gasteiger charge is 2.29. The molecule has 1 aliphatic heterocycles. The summed E-state index contributed by atoms with van der Waals surface area (Å²) in [5, 5.41) is 11.7. The molecule has 1 saturated heterocycles. The number of carbonyl (C=O) groups excluding carboxylic acids is 1. The molecule has 6 nitrogen and oxygen atoms in total. The van der Waals surface area contributed by atoms with Gasteiger partial charge in [-0.1, -0.05) is 12.1 Å². The third-order valence-corrected chi connectivity index (χ3v) is 4.13. The number of aromatic carboxylic acids is 1. The molecule has 7 heteroatoms. The highest BCUT2D eigenvalue weighted by molar-refractivity contribution is 5.94. The topological polar surface area (TPSA) is 84.9 Å². The van der Waals surface area contributed by atoms with E-state index in [1.54, 1.807) is 18.2 Å². The molecule has 0 radical (unpaired) electrons. The van der Waals surface area contributed by atoms with E-state index in [4.69, 9.17) is 14.6 Å². The third kappa shape index (κ3) is 4.18. The number of ether oxygens (including phenoxy) is 2. The minimum Gasteiger partial charge on any atom is -0.486 e. The molecule has 2 aromatic carbocycles. The van der Waals surface area contributed by atoms with Crippen LogP contribution in [0.4, 0.5) is 4.39 Å². The van der Waals surface area contributed by atoms with Crippen LogP contribution in [0.2, 0.25) is 0 Å². The number of rotatable bonds is 5. The van der Waals surface area contributed by atoms with Crippen molar-refractivity contribution in [2.75, 3.05) is 13.2 Å². The fourth-order valence-corrected chi connectivity index (χ4v) is 2.74. The first-order chi connectivity index (χ1) is 12.5. The Morgan fingerprint density at radius 1 is 1.15 bits per heavy atom. The Kier molecular flexibility index (Phi) is 5.48. The van der Waals surface area contributed by atoms with E-state index in [0.29, 0.717) is 18.8 Å². The van der Waals surface area contributed by atoms with Crippen LogP contribution in [0.3, 0.4) is 0 Å². The molecule has 1 fully saturated rings. The lowest BCUT2D eigenvalue weighted by Gasteiger charge is -2.32. The van der Waals surface area contributed by atoms with Gasteiger partial charge in [0.05, 0.1) is 23.8 Å². The van der Waals surface area contributed by atoms with Crippen molar-refractivity contribution in [1.29, 1.82) is 0 Å². The summed E-state index contributed by atoms with van der Waals surface area (Å²) in [5.74, 6) is -1.65. The van der Waals surface area contributed by atoms with Crippen molar-refractivity contribution in [2.24, 2.45) is 0 Å². The highest BCUT2D eigenvalue weighted by Crippen LogP contribution is 2.19. The number of hydrogen-bond acceptors (Lipinski definition) is 4. The predicted molar refractivity (Wildman–Crippen MR) is 90.9 cm³/mol. The average Bonchev–Trinajstić information content (AvgIpc) is 2.64. The average molecular weight is 359 g/mol. The Balaban J connectivity index is 1.68. The Hall–Kier alpha value is -2.93. The smallest absolute Gasteiger partial charge is 0.335 e. The zero-order chi connectivity index (χ0) is 18.5. The maximum absolute atomic E-state index is 13.8. The van der Waals surface area contributed by atoms with Crippen molar-refractivity contribution >= 4 is 11.9 Å². The Bertz CT molecular complexity index is 793. The van der Waals surface area contributed by atoms with Crippen molar-refractivity contribution in [2.45, 2.75) is 18.6 Å². The Labute approximate surface area is 149 Å². The van der Waals surface area contributed by atoms with Crippen LogP contribution in [-0.4, -0.2) is 42.3 Å². The molecule has 1 amide bonds. The van der Waals surface area contributed by atoms with Crippen LogP contribution in [0.5, 0.6) is 5.75 Å². The van der Waals surface area contributed by atoms with Crippen LogP contribution in [0, 0.1) is 5.82 Å². The fraction of sp³-hybridized carbons (Fsp3) is 0.263. The number of hydrogen-bond donors (Lipinski definition) is 2. The van der Waals surface area contributed by atoms with E-state index < -0.39 is 23.8 Å². The van der Waals surface area contributed by atoms with E-state index in [9.17, 15) is 14.0 Å². The lowest BCUT2D eigenvalue weighted by atomic mass is 10.0. The van der Waals surface area contributed by atoms with E-state index in [1.165, 1.54) is 30.3 Å². The van der Waals surface area contributed by atoms with Gasteiger partial charge in [0.25, 0.3) is 5.91 Å². The van der Waals surface area contributed by atoms with Crippen molar-refractivity contribution in [3.8, 4) is 5.75 Å². The Morgan fingerprint density at radius 2 is 1.88 bits per heavy atom. The second-order valence-electron chi connectivity index (χ2n) is 5.91. The molecular formula is C19H18FNO5. The SMILES string of the molecule is O=C(O)c1ccc(O[C@@H]2COCC[C@H]2NC(=O)c2ccccc2F)cc1. The summed E-state index contributed by atoms with van der Waals surface area (Å²) < 4.78 is 25.0. The summed E-state index contributed by atoms with van der Waals surface area (Å²) >= 11 is 0. The van der Waals surface area contributed by atoms with Crippen molar-refractivity contribution in [1.82, 2.24) is 5.32 Å². The number of amides is 1. The van der Waals surface area contributed by atoms with Crippen molar-refractivity contribution in [3.05, 3.63) is 65.5 Å². The third-order valence-electron chi connectivity index (χ3n) is 4.13. The fourth-order valence-electron chi connectivity index (χ4n) is 2.74. The van der Waals surface area contributed by atoms with E-state index in [-0.39, 0.29) is 23.8 Å². The predicted octanol–water partition coefficient (Wildman–Crippen LogP) is 2.49. The van der Waals surface area contributed by atoms with Gasteiger partial charge in [0.2, 0.25) is 0 Å². The first-order valence-corrected chi connectivity index (χ1v) is 8.18. The Morgan fingerprint density at radius 3 is 2.58 bits per heavy atom. The zero-order valence-corrected chi connectivity index (χ0v) is 13.9. The van der Waals surface area contributed by atoms with Crippen LogP contribution < -0.4 is 10.1 Å². The number of benzene rings is 2. The van der Waals surface area contributed by atoms with E-state index >= 15 is 0 Å². The van der Waals surface area contributed by atoms with Gasteiger partial charge in [0, 0.05) is 6.61 Å². The molecule has 2 atom stereocenters. The molecule has 0 saturated carbocycles. The molecule has 1 aliphatic rings. The van der Waals surface area contributed by atoms with Crippen LogP contribution in [0.25, 0.3) is 0 Å². The van der Waals surface area contributed by atoms with E-state index in [0.717, 1.165) is 0 Å². The van der Waals surface area contributed by atoms with E-state index in [1.807, 2.05) is 0 Å². The number of halogens is 1. The second kappa shape index (κ2) is 7.97. The molecule has 3 rings (SSSR count). The van der Waals surface area contributed by atoms with Crippen molar-refractivity contribution < 1.29 is 28.6 Å². The maximum Gasteiger partial charge on any atom is 0.335 e.